The molecule has 130 valence electrons. The number of rotatable bonds is 6. The van der Waals surface area contributed by atoms with Crippen molar-refractivity contribution in [2.45, 2.75) is 25.4 Å². The molecule has 24 heavy (non-hydrogen) atoms. The fourth-order valence-electron chi connectivity index (χ4n) is 3.14. The van der Waals surface area contributed by atoms with Gasteiger partial charge in [0.15, 0.2) is 11.5 Å². The second kappa shape index (κ2) is 8.10. The predicted octanol–water partition coefficient (Wildman–Crippen LogP) is 4.50. The van der Waals surface area contributed by atoms with E-state index in [1.807, 2.05) is 24.3 Å². The molecule has 1 N–H and O–H groups in total. The monoisotopic (exact) mass is 366 g/mol. The van der Waals surface area contributed by atoms with Crippen molar-refractivity contribution in [2.24, 2.45) is 0 Å². The molecule has 0 aliphatic carbocycles. The second-order valence-corrected chi connectivity index (χ2v) is 7.79. The van der Waals surface area contributed by atoms with Crippen LogP contribution in [0.2, 0.25) is 4.34 Å². The minimum Gasteiger partial charge on any atom is -0.493 e. The number of ether oxygens (including phenoxy) is 2. The molecular formula is C18H23ClN2O2S. The highest BCUT2D eigenvalue weighted by molar-refractivity contribution is 7.16. The van der Waals surface area contributed by atoms with Crippen molar-refractivity contribution in [1.29, 1.82) is 0 Å². The van der Waals surface area contributed by atoms with E-state index in [1.165, 1.54) is 17.7 Å². The Morgan fingerprint density at radius 2 is 2.04 bits per heavy atom. The Labute approximate surface area is 152 Å². The maximum Gasteiger partial charge on any atom is 0.162 e. The number of hydrogen-bond acceptors (Lipinski definition) is 5. The highest BCUT2D eigenvalue weighted by Crippen LogP contribution is 2.31. The minimum atomic E-state index is 0.437. The number of nitrogens with zero attached hydrogens (tertiary/aromatic N) is 1. The van der Waals surface area contributed by atoms with Gasteiger partial charge in [0.2, 0.25) is 0 Å². The van der Waals surface area contributed by atoms with E-state index in [0.29, 0.717) is 6.04 Å². The lowest BCUT2D eigenvalue weighted by Gasteiger charge is -2.33. The fraction of sp³-hybridized carbons (Fsp3) is 0.444. The highest BCUT2D eigenvalue weighted by atomic mass is 35.5. The van der Waals surface area contributed by atoms with E-state index < -0.39 is 0 Å². The summed E-state index contributed by atoms with van der Waals surface area (Å²) in [5.41, 5.74) is 1.07. The Morgan fingerprint density at radius 3 is 2.75 bits per heavy atom. The molecule has 6 heteroatoms. The normalized spacial score (nSPS) is 18.4. The van der Waals surface area contributed by atoms with Gasteiger partial charge in [-0.05, 0) is 43.7 Å². The average molecular weight is 367 g/mol. The van der Waals surface area contributed by atoms with Crippen LogP contribution in [0.3, 0.4) is 0 Å². The second-order valence-electron chi connectivity index (χ2n) is 5.99. The molecule has 1 aliphatic rings. The van der Waals surface area contributed by atoms with Gasteiger partial charge in [0.05, 0.1) is 18.6 Å². The summed E-state index contributed by atoms with van der Waals surface area (Å²) in [5.74, 6) is 1.51. The van der Waals surface area contributed by atoms with Crippen molar-refractivity contribution < 1.29 is 9.47 Å². The van der Waals surface area contributed by atoms with Gasteiger partial charge < -0.3 is 14.8 Å². The summed E-state index contributed by atoms with van der Waals surface area (Å²) in [4.78, 5) is 3.82. The molecule has 1 saturated heterocycles. The summed E-state index contributed by atoms with van der Waals surface area (Å²) >= 11 is 7.70. The maximum atomic E-state index is 6.03. The molecular weight excluding hydrogens is 344 g/mol. The third-order valence-corrected chi connectivity index (χ3v) is 5.48. The van der Waals surface area contributed by atoms with Crippen LogP contribution >= 0.6 is 22.9 Å². The van der Waals surface area contributed by atoms with Gasteiger partial charge >= 0.3 is 0 Å². The lowest BCUT2D eigenvalue weighted by atomic mass is 10.1. The number of thiophene rings is 1. The topological polar surface area (TPSA) is 33.7 Å². The minimum absolute atomic E-state index is 0.437. The van der Waals surface area contributed by atoms with Crippen molar-refractivity contribution in [1.82, 2.24) is 4.90 Å². The van der Waals surface area contributed by atoms with Crippen molar-refractivity contribution in [3.05, 3.63) is 39.5 Å². The first-order chi connectivity index (χ1) is 11.7. The summed E-state index contributed by atoms with van der Waals surface area (Å²) < 4.78 is 11.5. The molecule has 1 aromatic carbocycles. The number of likely N-dealkylation sites (tertiary alicyclic amines) is 1. The molecule has 3 rings (SSSR count). The number of hydrogen-bond donors (Lipinski definition) is 1. The first-order valence-electron chi connectivity index (χ1n) is 8.13. The van der Waals surface area contributed by atoms with Crippen LogP contribution in [-0.4, -0.2) is 38.3 Å². The molecule has 2 aromatic rings. The molecule has 1 unspecified atom stereocenters. The van der Waals surface area contributed by atoms with Gasteiger partial charge in [-0.25, -0.2) is 0 Å². The first kappa shape index (κ1) is 17.4. The number of nitrogens with one attached hydrogen (secondary N) is 1. The van der Waals surface area contributed by atoms with E-state index in [0.717, 1.165) is 41.2 Å². The van der Waals surface area contributed by atoms with Crippen molar-refractivity contribution >= 4 is 28.6 Å². The molecule has 0 saturated carbocycles. The summed E-state index contributed by atoms with van der Waals surface area (Å²) in [7, 11) is 3.32. The fourth-order valence-corrected chi connectivity index (χ4v) is 4.27. The van der Waals surface area contributed by atoms with Crippen LogP contribution in [0, 0.1) is 0 Å². The first-order valence-corrected chi connectivity index (χ1v) is 9.32. The SMILES string of the molecule is COc1ccc(NC2CCCN(Cc3ccc(Cl)s3)C2)cc1OC. The lowest BCUT2D eigenvalue weighted by molar-refractivity contribution is 0.210. The smallest absolute Gasteiger partial charge is 0.162 e. The third kappa shape index (κ3) is 4.35. The summed E-state index contributed by atoms with van der Waals surface area (Å²) in [6.45, 7) is 3.14. The van der Waals surface area contributed by atoms with Crippen LogP contribution in [0.5, 0.6) is 11.5 Å². The van der Waals surface area contributed by atoms with E-state index in [9.17, 15) is 0 Å². The van der Waals surface area contributed by atoms with E-state index in [2.05, 4.69) is 16.3 Å². The van der Waals surface area contributed by atoms with Crippen LogP contribution in [0.15, 0.2) is 30.3 Å². The third-order valence-electron chi connectivity index (χ3n) is 4.27. The van der Waals surface area contributed by atoms with Gasteiger partial charge in [-0.15, -0.1) is 11.3 Å². The van der Waals surface area contributed by atoms with Crippen LogP contribution in [0.25, 0.3) is 0 Å². The van der Waals surface area contributed by atoms with Crippen LogP contribution in [-0.2, 0) is 6.54 Å². The van der Waals surface area contributed by atoms with Gasteiger partial charge in [-0.1, -0.05) is 11.6 Å². The van der Waals surface area contributed by atoms with E-state index in [-0.39, 0.29) is 0 Å². The maximum absolute atomic E-state index is 6.03. The largest absolute Gasteiger partial charge is 0.493 e. The molecule has 4 nitrogen and oxygen atoms in total. The zero-order chi connectivity index (χ0) is 16.9. The van der Waals surface area contributed by atoms with Crippen molar-refractivity contribution in [3.8, 4) is 11.5 Å². The molecule has 1 atom stereocenters. The van der Waals surface area contributed by atoms with Gasteiger partial charge in [0.25, 0.3) is 0 Å². The molecule has 0 amide bonds. The Hall–Kier alpha value is -1.43. The number of benzene rings is 1. The lowest BCUT2D eigenvalue weighted by Crippen LogP contribution is -2.41. The molecule has 0 bridgehead atoms. The van der Waals surface area contributed by atoms with Crippen molar-refractivity contribution in [3.63, 3.8) is 0 Å². The quantitative estimate of drug-likeness (QED) is 0.816. The molecule has 0 radical (unpaired) electrons. The number of piperidine rings is 1. The molecule has 0 spiro atoms. The summed E-state index contributed by atoms with van der Waals surface area (Å²) in [5, 5.41) is 3.63. The molecule has 1 aromatic heterocycles. The molecule has 1 aliphatic heterocycles. The van der Waals surface area contributed by atoms with Gasteiger partial charge in [-0.3, -0.25) is 4.90 Å². The summed E-state index contributed by atoms with van der Waals surface area (Å²) in [6.07, 6.45) is 2.38. The van der Waals surface area contributed by atoms with Crippen LogP contribution < -0.4 is 14.8 Å². The van der Waals surface area contributed by atoms with Crippen LogP contribution in [0.4, 0.5) is 5.69 Å². The molecule has 1 fully saturated rings. The van der Waals surface area contributed by atoms with E-state index in [1.54, 1.807) is 25.6 Å². The Balaban J connectivity index is 1.60. The zero-order valence-corrected chi connectivity index (χ0v) is 15.6. The standard InChI is InChI=1S/C18H23ClN2O2S/c1-22-16-7-5-13(10-17(16)23-2)20-14-4-3-9-21(11-14)12-15-6-8-18(19)24-15/h5-8,10,14,20H,3-4,9,11-12H2,1-2H3. The summed E-state index contributed by atoms with van der Waals surface area (Å²) in [6, 6.07) is 10.5. The number of methoxy groups -OCH3 is 2. The Kier molecular flexibility index (Phi) is 5.87. The van der Waals surface area contributed by atoms with E-state index >= 15 is 0 Å². The molecule has 2 heterocycles. The Morgan fingerprint density at radius 1 is 1.21 bits per heavy atom. The van der Waals surface area contributed by atoms with Gasteiger partial charge in [0, 0.05) is 35.8 Å². The number of anilines is 1. The zero-order valence-electron chi connectivity index (χ0n) is 14.0. The van der Waals surface area contributed by atoms with Crippen molar-refractivity contribution in [2.75, 3.05) is 32.6 Å². The van der Waals surface area contributed by atoms with Gasteiger partial charge in [-0.2, -0.15) is 0 Å². The Bertz CT molecular complexity index is 677. The van der Waals surface area contributed by atoms with Crippen LogP contribution in [0.1, 0.15) is 17.7 Å². The average Bonchev–Trinajstić information content (AvgIpc) is 3.00. The van der Waals surface area contributed by atoms with Gasteiger partial charge in [0.1, 0.15) is 0 Å². The van der Waals surface area contributed by atoms with E-state index in [4.69, 9.17) is 21.1 Å². The highest BCUT2D eigenvalue weighted by Gasteiger charge is 2.20. The number of halogens is 1. The predicted molar refractivity (Wildman–Crippen MR) is 101 cm³/mol.